The van der Waals surface area contributed by atoms with Crippen LogP contribution in [0.3, 0.4) is 0 Å². The first-order chi connectivity index (χ1) is 12.2. The fourth-order valence-corrected chi connectivity index (χ4v) is 3.02. The Balaban J connectivity index is 1.36. The summed E-state index contributed by atoms with van der Waals surface area (Å²) < 4.78 is 33.6. The summed E-state index contributed by atoms with van der Waals surface area (Å²) in [5, 5.41) is 0. The van der Waals surface area contributed by atoms with Crippen LogP contribution >= 0.6 is 0 Å². The van der Waals surface area contributed by atoms with Crippen LogP contribution in [0.2, 0.25) is 0 Å². The number of hydrogen-bond donors (Lipinski definition) is 1. The quantitative estimate of drug-likeness (QED) is 0.768. The second kappa shape index (κ2) is 6.81. The van der Waals surface area contributed by atoms with Crippen LogP contribution in [0, 0.1) is 5.82 Å². The monoisotopic (exact) mass is 345 g/mol. The molecular weight excluding hydrogens is 328 g/mol. The minimum absolute atomic E-state index is 0.179. The molecule has 3 aromatic rings. The van der Waals surface area contributed by atoms with Gasteiger partial charge in [0.2, 0.25) is 0 Å². The third kappa shape index (κ3) is 3.49. The Morgan fingerprint density at radius 3 is 3.04 bits per heavy atom. The van der Waals surface area contributed by atoms with E-state index in [1.165, 1.54) is 12.4 Å². The Morgan fingerprint density at radius 1 is 1.28 bits per heavy atom. The molecule has 0 bridgehead atoms. The molecule has 1 N–H and O–H groups in total. The predicted molar refractivity (Wildman–Crippen MR) is 86.8 cm³/mol. The van der Waals surface area contributed by atoms with Crippen LogP contribution in [0.1, 0.15) is 11.4 Å². The summed E-state index contributed by atoms with van der Waals surface area (Å²) in [6.07, 6.45) is 2.68. The van der Waals surface area contributed by atoms with Gasteiger partial charge in [0.05, 0.1) is 11.7 Å². The number of alkyl halides is 1. The minimum Gasteiger partial charge on any atom is -0.366 e. The molecule has 2 atom stereocenters. The number of nitrogens with one attached hydrogen (secondary N) is 1. The topological polar surface area (TPSA) is 66.9 Å². The number of H-pyrrole nitrogens is 1. The summed E-state index contributed by atoms with van der Waals surface area (Å²) in [5.41, 5.74) is 1.93. The van der Waals surface area contributed by atoms with Gasteiger partial charge in [-0.1, -0.05) is 0 Å². The lowest BCUT2D eigenvalue weighted by atomic mass is 10.2. The third-order valence-electron chi connectivity index (χ3n) is 4.27. The highest BCUT2D eigenvalue weighted by molar-refractivity contribution is 5.69. The molecule has 1 saturated heterocycles. The molecule has 0 spiro atoms. The van der Waals surface area contributed by atoms with E-state index >= 15 is 0 Å². The van der Waals surface area contributed by atoms with Gasteiger partial charge in [0, 0.05) is 37.6 Å². The molecule has 1 aliphatic heterocycles. The maximum atomic E-state index is 14.2. The summed E-state index contributed by atoms with van der Waals surface area (Å²) in [4.78, 5) is 17.1. The normalized spacial score (nSPS) is 21.2. The Kier molecular flexibility index (Phi) is 4.37. The van der Waals surface area contributed by atoms with Gasteiger partial charge in [-0.05, 0) is 18.2 Å². The molecule has 8 heteroatoms. The van der Waals surface area contributed by atoms with Crippen LogP contribution in [-0.4, -0.2) is 50.2 Å². The van der Waals surface area contributed by atoms with Crippen molar-refractivity contribution >= 4 is 11.2 Å². The maximum absolute atomic E-state index is 14.2. The van der Waals surface area contributed by atoms with Gasteiger partial charge in [-0.25, -0.2) is 18.7 Å². The fourth-order valence-electron chi connectivity index (χ4n) is 3.02. The highest BCUT2D eigenvalue weighted by Crippen LogP contribution is 2.21. The molecule has 2 unspecified atom stereocenters. The summed E-state index contributed by atoms with van der Waals surface area (Å²) in [6.45, 7) is 1.14. The second-order valence-corrected chi connectivity index (χ2v) is 6.08. The minimum atomic E-state index is -1.12. The molecule has 0 radical (unpaired) electrons. The van der Waals surface area contributed by atoms with Gasteiger partial charge < -0.3 is 9.72 Å². The lowest BCUT2D eigenvalue weighted by Crippen LogP contribution is -2.24. The molecule has 1 aliphatic rings. The number of likely N-dealkylation sites (tertiary alicyclic amines) is 1. The molecule has 0 aromatic carbocycles. The first kappa shape index (κ1) is 16.0. The van der Waals surface area contributed by atoms with Gasteiger partial charge in [0.15, 0.2) is 5.65 Å². The summed E-state index contributed by atoms with van der Waals surface area (Å²) in [6, 6.07) is 5.30. The molecule has 0 amide bonds. The van der Waals surface area contributed by atoms with E-state index in [-0.39, 0.29) is 19.0 Å². The summed E-state index contributed by atoms with van der Waals surface area (Å²) >= 11 is 0. The second-order valence-electron chi connectivity index (χ2n) is 6.08. The van der Waals surface area contributed by atoms with Crippen LogP contribution in [0.5, 0.6) is 0 Å². The number of nitrogens with zero attached hydrogens (tertiary/aromatic N) is 4. The number of fused-ring (bicyclic) bond motifs is 1. The highest BCUT2D eigenvalue weighted by Gasteiger charge is 2.34. The van der Waals surface area contributed by atoms with E-state index in [1.54, 1.807) is 12.3 Å². The largest absolute Gasteiger partial charge is 0.366 e. The highest BCUT2D eigenvalue weighted by atomic mass is 19.1. The summed E-state index contributed by atoms with van der Waals surface area (Å²) in [5.74, 6) is 0.233. The van der Waals surface area contributed by atoms with Gasteiger partial charge in [-0.15, -0.1) is 0 Å². The number of pyridine rings is 2. The van der Waals surface area contributed by atoms with E-state index < -0.39 is 12.3 Å². The van der Waals surface area contributed by atoms with Gasteiger partial charge >= 0.3 is 0 Å². The average Bonchev–Trinajstić information content (AvgIpc) is 3.18. The smallest absolute Gasteiger partial charge is 0.177 e. The van der Waals surface area contributed by atoms with Crippen LogP contribution < -0.4 is 0 Å². The van der Waals surface area contributed by atoms with Gasteiger partial charge in [-0.2, -0.15) is 0 Å². The van der Waals surface area contributed by atoms with Crippen molar-refractivity contribution in [3.05, 3.63) is 54.0 Å². The zero-order valence-corrected chi connectivity index (χ0v) is 13.4. The Hall–Kier alpha value is -2.45. The van der Waals surface area contributed by atoms with Crippen LogP contribution in [-0.2, 0) is 17.9 Å². The molecule has 1 fully saturated rings. The Morgan fingerprint density at radius 2 is 2.20 bits per heavy atom. The molecule has 25 heavy (non-hydrogen) atoms. The standard InChI is InChI=1S/C17H17F2N5O/c18-12-6-20-5-3-11(12)7-24-8-13(19)15(9-24)25-10-16-22-14-2-1-4-21-17(14)23-16/h1-6,13,15H,7-10H2,(H,21,22,23). The zero-order chi connectivity index (χ0) is 17.2. The SMILES string of the molecule is Fc1cnccc1CN1CC(F)C(OCc2nc3ncccc3[nH]2)C1. The average molecular weight is 345 g/mol. The van der Waals surface area contributed by atoms with E-state index in [0.717, 1.165) is 5.52 Å². The van der Waals surface area contributed by atoms with Crippen LogP contribution in [0.15, 0.2) is 36.8 Å². The van der Waals surface area contributed by atoms with Crippen molar-refractivity contribution in [1.82, 2.24) is 24.8 Å². The van der Waals surface area contributed by atoms with Gasteiger partial charge in [0.1, 0.15) is 30.5 Å². The van der Waals surface area contributed by atoms with Crippen LogP contribution in [0.4, 0.5) is 8.78 Å². The molecule has 0 saturated carbocycles. The number of aromatic amines is 1. The van der Waals surface area contributed by atoms with Crippen LogP contribution in [0.25, 0.3) is 11.2 Å². The molecule has 4 heterocycles. The fraction of sp³-hybridized carbons (Fsp3) is 0.353. The van der Waals surface area contributed by atoms with E-state index in [2.05, 4.69) is 19.9 Å². The van der Waals surface area contributed by atoms with E-state index in [0.29, 0.717) is 30.1 Å². The first-order valence-corrected chi connectivity index (χ1v) is 8.05. The molecule has 130 valence electrons. The van der Waals surface area contributed by atoms with Gasteiger partial charge in [0.25, 0.3) is 0 Å². The van der Waals surface area contributed by atoms with Crippen molar-refractivity contribution in [2.24, 2.45) is 0 Å². The van der Waals surface area contributed by atoms with E-state index in [4.69, 9.17) is 4.74 Å². The van der Waals surface area contributed by atoms with Crippen molar-refractivity contribution in [1.29, 1.82) is 0 Å². The van der Waals surface area contributed by atoms with Crippen molar-refractivity contribution in [2.45, 2.75) is 25.4 Å². The van der Waals surface area contributed by atoms with Crippen molar-refractivity contribution in [3.8, 4) is 0 Å². The molecule has 0 aliphatic carbocycles. The maximum Gasteiger partial charge on any atom is 0.177 e. The predicted octanol–water partition coefficient (Wildman–Crippen LogP) is 2.23. The zero-order valence-electron chi connectivity index (χ0n) is 13.4. The molecule has 6 nitrogen and oxygen atoms in total. The number of hydrogen-bond acceptors (Lipinski definition) is 5. The first-order valence-electron chi connectivity index (χ1n) is 8.05. The van der Waals surface area contributed by atoms with Gasteiger partial charge in [-0.3, -0.25) is 9.88 Å². The Bertz CT molecular complexity index is 838. The number of ether oxygens (including phenoxy) is 1. The molecule has 3 aromatic heterocycles. The van der Waals surface area contributed by atoms with E-state index in [1.807, 2.05) is 17.0 Å². The lowest BCUT2D eigenvalue weighted by molar-refractivity contribution is 0.00861. The van der Waals surface area contributed by atoms with Crippen molar-refractivity contribution < 1.29 is 13.5 Å². The number of rotatable bonds is 5. The Labute approximate surface area is 142 Å². The lowest BCUT2D eigenvalue weighted by Gasteiger charge is -2.15. The number of imidazole rings is 1. The number of halogens is 2. The van der Waals surface area contributed by atoms with Crippen molar-refractivity contribution in [3.63, 3.8) is 0 Å². The van der Waals surface area contributed by atoms with E-state index in [9.17, 15) is 8.78 Å². The van der Waals surface area contributed by atoms with Crippen molar-refractivity contribution in [2.75, 3.05) is 13.1 Å². The molecule has 4 rings (SSSR count). The summed E-state index contributed by atoms with van der Waals surface area (Å²) in [7, 11) is 0. The molecular formula is C17H17F2N5O. The number of aromatic nitrogens is 4. The third-order valence-corrected chi connectivity index (χ3v) is 4.27.